The number of carboxylic acids is 1. The van der Waals surface area contributed by atoms with Gasteiger partial charge in [0.2, 0.25) is 0 Å². The third-order valence-electron chi connectivity index (χ3n) is 5.57. The fraction of sp³-hybridized carbons (Fsp3) is 0.318. The molecule has 0 radical (unpaired) electrons. The molecule has 0 aliphatic heterocycles. The summed E-state index contributed by atoms with van der Waals surface area (Å²) in [5, 5.41) is 10.3. The second-order valence-electron chi connectivity index (χ2n) is 7.17. The van der Waals surface area contributed by atoms with E-state index in [9.17, 15) is 14.3 Å². The Kier molecular flexibility index (Phi) is 4.27. The molecule has 3 aromatic rings. The summed E-state index contributed by atoms with van der Waals surface area (Å²) in [6, 6.07) is 15.2. The van der Waals surface area contributed by atoms with Gasteiger partial charge in [0, 0.05) is 22.5 Å². The summed E-state index contributed by atoms with van der Waals surface area (Å²) >= 11 is 0. The first-order valence-corrected chi connectivity index (χ1v) is 9.15. The number of rotatable bonds is 4. The van der Waals surface area contributed by atoms with Crippen LogP contribution in [0.15, 0.2) is 48.5 Å². The molecule has 2 aromatic carbocycles. The van der Waals surface area contributed by atoms with Crippen molar-refractivity contribution in [3.8, 4) is 0 Å². The van der Waals surface area contributed by atoms with Gasteiger partial charge in [-0.2, -0.15) is 0 Å². The van der Waals surface area contributed by atoms with Gasteiger partial charge in [0.25, 0.3) is 0 Å². The number of carboxylic acid groups (broad SMARTS) is 1. The van der Waals surface area contributed by atoms with Gasteiger partial charge >= 0.3 is 5.97 Å². The molecular formula is C22H22FNO2. The summed E-state index contributed by atoms with van der Waals surface area (Å²) in [5.74, 6) is -1.05. The van der Waals surface area contributed by atoms with Crippen LogP contribution in [-0.2, 0) is 11.2 Å². The van der Waals surface area contributed by atoms with Crippen molar-refractivity contribution in [3.05, 3.63) is 71.2 Å². The Bertz CT molecular complexity index is 961. The molecule has 2 unspecified atom stereocenters. The molecule has 0 bridgehead atoms. The number of carbonyl (C=O) groups is 1. The maximum absolute atomic E-state index is 13.9. The van der Waals surface area contributed by atoms with Crippen LogP contribution in [0.5, 0.6) is 0 Å². The first kappa shape index (κ1) is 16.8. The molecule has 26 heavy (non-hydrogen) atoms. The van der Waals surface area contributed by atoms with Crippen LogP contribution < -0.4 is 0 Å². The molecule has 4 heteroatoms. The van der Waals surface area contributed by atoms with E-state index in [1.807, 2.05) is 24.3 Å². The van der Waals surface area contributed by atoms with E-state index in [1.165, 1.54) is 6.07 Å². The maximum atomic E-state index is 13.9. The molecule has 0 spiro atoms. The number of hydrogen-bond donors (Lipinski definition) is 1. The largest absolute Gasteiger partial charge is 0.481 e. The van der Waals surface area contributed by atoms with E-state index in [0.29, 0.717) is 0 Å². The van der Waals surface area contributed by atoms with E-state index in [2.05, 4.69) is 23.6 Å². The van der Waals surface area contributed by atoms with Gasteiger partial charge in [-0.05, 0) is 55.5 Å². The molecule has 1 N–H and O–H groups in total. The minimum Gasteiger partial charge on any atom is -0.481 e. The summed E-state index contributed by atoms with van der Waals surface area (Å²) in [7, 11) is 0. The standard InChI is InChI=1S/C22H22FNO2/c1-14(15-6-3-2-4-7-15)24-20-11-10-17(23)13-19(20)18-9-5-8-16(22(18)24)12-21(25)26/h2-4,6-7,10-11,13-14,16H,5,8-9,12H2,1H3,(H,25,26). The number of halogens is 1. The van der Waals surface area contributed by atoms with Crippen LogP contribution in [0.2, 0.25) is 0 Å². The molecule has 0 fully saturated rings. The van der Waals surface area contributed by atoms with Crippen LogP contribution in [0.25, 0.3) is 10.9 Å². The smallest absolute Gasteiger partial charge is 0.304 e. The lowest BCUT2D eigenvalue weighted by atomic mass is 9.84. The Morgan fingerprint density at radius 1 is 1.27 bits per heavy atom. The summed E-state index contributed by atoms with van der Waals surface area (Å²) in [6.45, 7) is 2.13. The third kappa shape index (κ3) is 2.79. The van der Waals surface area contributed by atoms with E-state index in [1.54, 1.807) is 6.07 Å². The van der Waals surface area contributed by atoms with Gasteiger partial charge in [-0.25, -0.2) is 4.39 Å². The Labute approximate surface area is 152 Å². The number of nitrogens with zero attached hydrogens (tertiary/aromatic N) is 1. The predicted molar refractivity (Wildman–Crippen MR) is 100 cm³/mol. The summed E-state index contributed by atoms with van der Waals surface area (Å²) in [5.41, 5.74) is 4.36. The summed E-state index contributed by atoms with van der Waals surface area (Å²) < 4.78 is 16.2. The highest BCUT2D eigenvalue weighted by Gasteiger charge is 2.31. The van der Waals surface area contributed by atoms with E-state index in [0.717, 1.165) is 47.0 Å². The highest BCUT2D eigenvalue weighted by molar-refractivity contribution is 5.87. The predicted octanol–water partition coefficient (Wildman–Crippen LogP) is 5.28. The fourth-order valence-electron chi connectivity index (χ4n) is 4.45. The van der Waals surface area contributed by atoms with Gasteiger partial charge in [-0.15, -0.1) is 0 Å². The van der Waals surface area contributed by atoms with Crippen molar-refractivity contribution >= 4 is 16.9 Å². The fourth-order valence-corrected chi connectivity index (χ4v) is 4.45. The van der Waals surface area contributed by atoms with E-state index in [4.69, 9.17) is 0 Å². The van der Waals surface area contributed by atoms with Crippen LogP contribution in [0.3, 0.4) is 0 Å². The van der Waals surface area contributed by atoms with E-state index in [-0.39, 0.29) is 24.2 Å². The molecular weight excluding hydrogens is 329 g/mol. The lowest BCUT2D eigenvalue weighted by Gasteiger charge is -2.27. The average molecular weight is 351 g/mol. The van der Waals surface area contributed by atoms with Crippen LogP contribution in [0, 0.1) is 5.82 Å². The average Bonchev–Trinajstić information content (AvgIpc) is 2.96. The summed E-state index contributed by atoms with van der Waals surface area (Å²) in [4.78, 5) is 11.4. The van der Waals surface area contributed by atoms with Gasteiger partial charge in [-0.3, -0.25) is 4.79 Å². The molecule has 1 aliphatic rings. The Balaban J connectivity index is 1.97. The minimum absolute atomic E-state index is 0.0297. The monoisotopic (exact) mass is 351 g/mol. The molecule has 1 aliphatic carbocycles. The van der Waals surface area contributed by atoms with Gasteiger partial charge in [0.15, 0.2) is 0 Å². The van der Waals surface area contributed by atoms with Crippen LogP contribution in [0.4, 0.5) is 4.39 Å². The Hall–Kier alpha value is -2.62. The quantitative estimate of drug-likeness (QED) is 0.694. The lowest BCUT2D eigenvalue weighted by molar-refractivity contribution is -0.137. The van der Waals surface area contributed by atoms with Gasteiger partial charge < -0.3 is 9.67 Å². The minimum atomic E-state index is -0.779. The number of fused-ring (bicyclic) bond motifs is 3. The first-order valence-electron chi connectivity index (χ1n) is 9.15. The molecule has 0 amide bonds. The van der Waals surface area contributed by atoms with Gasteiger partial charge in [0.1, 0.15) is 5.82 Å². The lowest BCUT2D eigenvalue weighted by Crippen LogP contribution is -2.19. The maximum Gasteiger partial charge on any atom is 0.304 e. The van der Waals surface area contributed by atoms with Crippen LogP contribution >= 0.6 is 0 Å². The Morgan fingerprint density at radius 3 is 2.77 bits per heavy atom. The summed E-state index contributed by atoms with van der Waals surface area (Å²) in [6.07, 6.45) is 2.80. The second kappa shape index (κ2) is 6.60. The highest BCUT2D eigenvalue weighted by atomic mass is 19.1. The van der Waals surface area contributed by atoms with Crippen molar-refractivity contribution < 1.29 is 14.3 Å². The van der Waals surface area contributed by atoms with E-state index < -0.39 is 5.97 Å². The van der Waals surface area contributed by atoms with Crippen molar-refractivity contribution in [2.75, 3.05) is 0 Å². The molecule has 0 saturated carbocycles. The van der Waals surface area contributed by atoms with Crippen molar-refractivity contribution in [1.82, 2.24) is 4.57 Å². The molecule has 2 atom stereocenters. The molecule has 1 heterocycles. The van der Waals surface area contributed by atoms with Gasteiger partial charge in [0.05, 0.1) is 12.5 Å². The third-order valence-corrected chi connectivity index (χ3v) is 5.57. The zero-order valence-corrected chi connectivity index (χ0v) is 14.8. The number of aliphatic carboxylic acids is 1. The number of benzene rings is 2. The molecule has 0 saturated heterocycles. The zero-order chi connectivity index (χ0) is 18.3. The Morgan fingerprint density at radius 2 is 2.04 bits per heavy atom. The number of hydrogen-bond acceptors (Lipinski definition) is 1. The van der Waals surface area contributed by atoms with Crippen LogP contribution in [0.1, 0.15) is 55.0 Å². The first-order chi connectivity index (χ1) is 12.6. The molecule has 1 aromatic heterocycles. The van der Waals surface area contributed by atoms with E-state index >= 15 is 0 Å². The normalized spacial score (nSPS) is 17.8. The molecule has 4 rings (SSSR count). The van der Waals surface area contributed by atoms with Crippen molar-refractivity contribution in [3.63, 3.8) is 0 Å². The van der Waals surface area contributed by atoms with Crippen molar-refractivity contribution in [2.24, 2.45) is 0 Å². The number of aryl methyl sites for hydroxylation is 1. The second-order valence-corrected chi connectivity index (χ2v) is 7.17. The highest BCUT2D eigenvalue weighted by Crippen LogP contribution is 2.42. The van der Waals surface area contributed by atoms with Gasteiger partial charge in [-0.1, -0.05) is 30.3 Å². The zero-order valence-electron chi connectivity index (χ0n) is 14.8. The SMILES string of the molecule is CC(c1ccccc1)n1c2c(c3cc(F)ccc31)CCCC2CC(=O)O. The topological polar surface area (TPSA) is 42.2 Å². The van der Waals surface area contributed by atoms with Crippen LogP contribution in [-0.4, -0.2) is 15.6 Å². The molecule has 3 nitrogen and oxygen atoms in total. The van der Waals surface area contributed by atoms with Crippen molar-refractivity contribution in [2.45, 2.75) is 44.6 Å². The molecule has 134 valence electrons. The van der Waals surface area contributed by atoms with Crippen molar-refractivity contribution in [1.29, 1.82) is 0 Å². The number of aromatic nitrogens is 1.